The maximum atomic E-state index is 9.02. The van der Waals surface area contributed by atoms with Gasteiger partial charge in [0.2, 0.25) is 0 Å². The molecule has 0 radical (unpaired) electrons. The van der Waals surface area contributed by atoms with Gasteiger partial charge in [-0.25, -0.2) is 0 Å². The highest BCUT2D eigenvalue weighted by molar-refractivity contribution is 5.16. The molecule has 0 saturated heterocycles. The van der Waals surface area contributed by atoms with Crippen molar-refractivity contribution in [2.75, 3.05) is 0 Å². The van der Waals surface area contributed by atoms with Gasteiger partial charge in [0, 0.05) is 0 Å². The lowest BCUT2D eigenvalue weighted by molar-refractivity contribution is 0.199. The second-order valence-electron chi connectivity index (χ2n) is 3.16. The van der Waals surface area contributed by atoms with E-state index in [2.05, 4.69) is 6.58 Å². The van der Waals surface area contributed by atoms with Crippen molar-refractivity contribution in [3.8, 4) is 0 Å². The molecule has 1 aromatic rings. The first-order valence-electron chi connectivity index (χ1n) is 5.51. The van der Waals surface area contributed by atoms with Crippen LogP contribution < -0.4 is 0 Å². The molecule has 1 rings (SSSR count). The van der Waals surface area contributed by atoms with Crippen LogP contribution in [0.4, 0.5) is 0 Å². The van der Waals surface area contributed by atoms with Crippen molar-refractivity contribution in [1.29, 1.82) is 0 Å². The fraction of sp³-hybridized carbons (Fsp3) is 0.333. The van der Waals surface area contributed by atoms with E-state index in [-0.39, 0.29) is 6.10 Å². The van der Waals surface area contributed by atoms with E-state index in [1.807, 2.05) is 63.3 Å². The van der Waals surface area contributed by atoms with Crippen molar-refractivity contribution < 1.29 is 5.11 Å². The third-order valence-electron chi connectivity index (χ3n) is 1.62. The highest BCUT2D eigenvalue weighted by atomic mass is 16.3. The van der Waals surface area contributed by atoms with Crippen LogP contribution in [-0.2, 0) is 0 Å². The molecule has 0 aliphatic rings. The van der Waals surface area contributed by atoms with E-state index in [1.54, 1.807) is 13.0 Å². The lowest BCUT2D eigenvalue weighted by atomic mass is 10.1. The van der Waals surface area contributed by atoms with Crippen LogP contribution in [0.5, 0.6) is 0 Å². The Morgan fingerprint density at radius 1 is 1.06 bits per heavy atom. The molecule has 1 atom stereocenters. The molecule has 16 heavy (non-hydrogen) atoms. The number of benzene rings is 1. The summed E-state index contributed by atoms with van der Waals surface area (Å²) in [6.45, 7) is 11.0. The van der Waals surface area contributed by atoms with Gasteiger partial charge in [0.05, 0.1) is 6.10 Å². The fourth-order valence-electron chi connectivity index (χ4n) is 0.732. The lowest BCUT2D eigenvalue weighted by Gasteiger charge is -2.00. The quantitative estimate of drug-likeness (QED) is 0.690. The van der Waals surface area contributed by atoms with Gasteiger partial charge >= 0.3 is 0 Å². The summed E-state index contributed by atoms with van der Waals surface area (Å²) in [5, 5.41) is 9.02. The Labute approximate surface area is 100 Å². The van der Waals surface area contributed by atoms with Crippen molar-refractivity contribution in [2.45, 2.75) is 33.8 Å². The second kappa shape index (κ2) is 13.7. The molecule has 0 saturated carbocycles. The van der Waals surface area contributed by atoms with E-state index >= 15 is 0 Å². The summed E-state index contributed by atoms with van der Waals surface area (Å²) in [5.41, 5.74) is 0.970. The Balaban J connectivity index is 0. The molecule has 1 unspecified atom stereocenters. The van der Waals surface area contributed by atoms with Gasteiger partial charge in [0.25, 0.3) is 0 Å². The molecular weight excluding hydrogens is 196 g/mol. The van der Waals surface area contributed by atoms with Crippen LogP contribution in [0, 0.1) is 0 Å². The van der Waals surface area contributed by atoms with Crippen LogP contribution in [0.25, 0.3) is 0 Å². The average molecular weight is 220 g/mol. The minimum absolute atomic E-state index is 0.341. The molecule has 1 N–H and O–H groups in total. The lowest BCUT2D eigenvalue weighted by Crippen LogP contribution is -1.87. The largest absolute Gasteiger partial charge is 0.389 e. The summed E-state index contributed by atoms with van der Waals surface area (Å²) in [7, 11) is 0. The van der Waals surface area contributed by atoms with Gasteiger partial charge in [-0.3, -0.25) is 0 Å². The van der Waals surface area contributed by atoms with Crippen LogP contribution in [-0.4, -0.2) is 5.11 Å². The van der Waals surface area contributed by atoms with Gasteiger partial charge in [-0.05, 0) is 33.3 Å². The summed E-state index contributed by atoms with van der Waals surface area (Å²) in [5.74, 6) is 0. The molecular formula is C15H24O. The minimum atomic E-state index is -0.341. The van der Waals surface area contributed by atoms with Crippen molar-refractivity contribution in [3.05, 3.63) is 60.7 Å². The van der Waals surface area contributed by atoms with E-state index < -0.39 is 0 Å². The molecule has 0 bridgehead atoms. The summed E-state index contributed by atoms with van der Waals surface area (Å²) in [6.07, 6.45) is 5.41. The molecule has 0 aliphatic carbocycles. The third-order valence-corrected chi connectivity index (χ3v) is 1.62. The molecule has 1 aromatic carbocycles. The Hall–Kier alpha value is -1.34. The fourth-order valence-corrected chi connectivity index (χ4v) is 0.732. The van der Waals surface area contributed by atoms with Crippen molar-refractivity contribution in [2.24, 2.45) is 0 Å². The van der Waals surface area contributed by atoms with E-state index in [9.17, 15) is 0 Å². The van der Waals surface area contributed by atoms with E-state index in [0.717, 1.165) is 5.56 Å². The first kappa shape index (κ1) is 17.1. The second-order valence-corrected chi connectivity index (χ2v) is 3.16. The zero-order valence-corrected chi connectivity index (χ0v) is 10.9. The van der Waals surface area contributed by atoms with Gasteiger partial charge in [0.15, 0.2) is 0 Å². The first-order chi connectivity index (χ1) is 7.63. The van der Waals surface area contributed by atoms with Crippen molar-refractivity contribution in [1.82, 2.24) is 0 Å². The van der Waals surface area contributed by atoms with Gasteiger partial charge < -0.3 is 5.11 Å². The van der Waals surface area contributed by atoms with Crippen LogP contribution in [0.3, 0.4) is 0 Å². The predicted molar refractivity (Wildman–Crippen MR) is 73.4 cm³/mol. The van der Waals surface area contributed by atoms with Crippen LogP contribution >= 0.6 is 0 Å². The molecule has 0 spiro atoms. The number of allylic oxidation sites excluding steroid dienone is 3. The van der Waals surface area contributed by atoms with Crippen molar-refractivity contribution >= 4 is 0 Å². The number of aliphatic hydroxyl groups is 1. The van der Waals surface area contributed by atoms with Gasteiger partial charge in [0.1, 0.15) is 0 Å². The molecule has 90 valence electrons. The number of rotatable bonds is 1. The molecule has 1 nitrogen and oxygen atoms in total. The normalized spacial score (nSPS) is 10.6. The zero-order chi connectivity index (χ0) is 12.8. The smallest absolute Gasteiger partial charge is 0.0761 e. The molecule has 1 heteroatoms. The first-order valence-corrected chi connectivity index (χ1v) is 5.51. The van der Waals surface area contributed by atoms with Gasteiger partial charge in [-0.1, -0.05) is 48.6 Å². The van der Waals surface area contributed by atoms with Gasteiger partial charge in [-0.2, -0.15) is 0 Å². The molecule has 0 fully saturated rings. The monoisotopic (exact) mass is 220 g/mol. The summed E-state index contributed by atoms with van der Waals surface area (Å²) < 4.78 is 0. The summed E-state index contributed by atoms with van der Waals surface area (Å²) in [6, 6.07) is 9.59. The summed E-state index contributed by atoms with van der Waals surface area (Å²) >= 11 is 0. The SMILES string of the molecule is C/C=C\C.C=CC.CC(O)c1ccccc1. The maximum absolute atomic E-state index is 9.02. The topological polar surface area (TPSA) is 20.2 Å². The van der Waals surface area contributed by atoms with Crippen LogP contribution in [0.1, 0.15) is 39.4 Å². The van der Waals surface area contributed by atoms with Crippen molar-refractivity contribution in [3.63, 3.8) is 0 Å². The Morgan fingerprint density at radius 2 is 1.44 bits per heavy atom. The predicted octanol–water partition coefficient (Wildman–Crippen LogP) is 4.51. The third kappa shape index (κ3) is 12.7. The highest BCUT2D eigenvalue weighted by Crippen LogP contribution is 2.09. The standard InChI is InChI=1S/C8H10O.C4H8.C3H6/c1-7(9)8-5-3-2-4-6-8;1-3-4-2;1-3-2/h2-7,9H,1H3;3-4H,1-2H3;3H,1H2,2H3/b;4-3-;. The molecule has 0 aliphatic heterocycles. The molecule has 0 heterocycles. The van der Waals surface area contributed by atoms with E-state index in [0.29, 0.717) is 0 Å². The highest BCUT2D eigenvalue weighted by Gasteiger charge is 1.95. The van der Waals surface area contributed by atoms with Crippen LogP contribution in [0.15, 0.2) is 55.1 Å². The Morgan fingerprint density at radius 3 is 1.62 bits per heavy atom. The molecule has 0 aromatic heterocycles. The minimum Gasteiger partial charge on any atom is -0.389 e. The number of hydrogen-bond acceptors (Lipinski definition) is 1. The van der Waals surface area contributed by atoms with Gasteiger partial charge in [-0.15, -0.1) is 6.58 Å². The Kier molecular flexibility index (Phi) is 14.6. The molecule has 0 amide bonds. The number of aliphatic hydroxyl groups excluding tert-OH is 1. The maximum Gasteiger partial charge on any atom is 0.0761 e. The number of hydrogen-bond donors (Lipinski definition) is 1. The van der Waals surface area contributed by atoms with E-state index in [4.69, 9.17) is 5.11 Å². The Bertz CT molecular complexity index is 256. The van der Waals surface area contributed by atoms with E-state index in [1.165, 1.54) is 0 Å². The summed E-state index contributed by atoms with van der Waals surface area (Å²) in [4.78, 5) is 0. The average Bonchev–Trinajstić information content (AvgIpc) is 2.31. The zero-order valence-electron chi connectivity index (χ0n) is 10.9. The van der Waals surface area contributed by atoms with Crippen LogP contribution in [0.2, 0.25) is 0 Å².